The Bertz CT molecular complexity index is 693. The van der Waals surface area contributed by atoms with Crippen molar-refractivity contribution in [3.8, 4) is 11.3 Å². The highest BCUT2D eigenvalue weighted by Crippen LogP contribution is 2.21. The molecule has 0 radical (unpaired) electrons. The maximum Gasteiger partial charge on any atom is 0.140 e. The first-order chi connectivity index (χ1) is 9.28. The molecule has 1 aromatic carbocycles. The number of imidazole rings is 1. The normalized spacial score (nSPS) is 11.1. The minimum absolute atomic E-state index is 1.04. The largest absolute Gasteiger partial charge is 0.306 e. The fourth-order valence-corrected chi connectivity index (χ4v) is 2.42. The monoisotopic (exact) mass is 250 g/mol. The van der Waals surface area contributed by atoms with Gasteiger partial charge in [-0.25, -0.2) is 4.98 Å². The van der Waals surface area contributed by atoms with Crippen LogP contribution < -0.4 is 0 Å². The molecule has 0 atom stereocenters. The van der Waals surface area contributed by atoms with Gasteiger partial charge in [0.1, 0.15) is 5.65 Å². The average molecular weight is 250 g/mol. The second-order valence-corrected chi connectivity index (χ2v) is 5.00. The number of nitrogens with zero attached hydrogens (tertiary/aromatic N) is 2. The fourth-order valence-electron chi connectivity index (χ4n) is 2.42. The number of fused-ring (bicyclic) bond motifs is 1. The van der Waals surface area contributed by atoms with Crippen molar-refractivity contribution in [3.05, 3.63) is 59.9 Å². The van der Waals surface area contributed by atoms with Crippen molar-refractivity contribution in [3.63, 3.8) is 0 Å². The van der Waals surface area contributed by atoms with Crippen LogP contribution in [0.2, 0.25) is 0 Å². The third-order valence-electron chi connectivity index (χ3n) is 3.47. The van der Waals surface area contributed by atoms with Gasteiger partial charge in [-0.05, 0) is 30.5 Å². The van der Waals surface area contributed by atoms with Crippen LogP contribution in [0, 0.1) is 6.92 Å². The molecule has 3 rings (SSSR count). The van der Waals surface area contributed by atoms with Crippen LogP contribution in [-0.2, 0) is 6.42 Å². The second-order valence-electron chi connectivity index (χ2n) is 5.00. The third kappa shape index (κ3) is 2.26. The van der Waals surface area contributed by atoms with E-state index in [9.17, 15) is 0 Å². The summed E-state index contributed by atoms with van der Waals surface area (Å²) >= 11 is 0. The molecule has 2 heterocycles. The van der Waals surface area contributed by atoms with E-state index in [0.717, 1.165) is 17.8 Å². The first kappa shape index (κ1) is 12.0. The topological polar surface area (TPSA) is 17.3 Å². The Kier molecular flexibility index (Phi) is 3.08. The molecule has 0 N–H and O–H groups in total. The van der Waals surface area contributed by atoms with Gasteiger partial charge in [0.05, 0.1) is 5.69 Å². The molecule has 0 aliphatic carbocycles. The zero-order valence-electron chi connectivity index (χ0n) is 11.4. The smallest absolute Gasteiger partial charge is 0.140 e. The van der Waals surface area contributed by atoms with Crippen molar-refractivity contribution in [2.75, 3.05) is 0 Å². The molecule has 2 heteroatoms. The van der Waals surface area contributed by atoms with Gasteiger partial charge in [0.25, 0.3) is 0 Å². The maximum atomic E-state index is 4.72. The minimum Gasteiger partial charge on any atom is -0.306 e. The molecule has 0 fully saturated rings. The van der Waals surface area contributed by atoms with Crippen molar-refractivity contribution < 1.29 is 0 Å². The molecule has 0 spiro atoms. The van der Waals surface area contributed by atoms with Crippen molar-refractivity contribution in [2.24, 2.45) is 0 Å². The Morgan fingerprint density at radius 1 is 1.11 bits per heavy atom. The molecule has 0 amide bonds. The Morgan fingerprint density at radius 3 is 2.58 bits per heavy atom. The molecular formula is C17H18N2. The van der Waals surface area contributed by atoms with Gasteiger partial charge in [-0.15, -0.1) is 0 Å². The molecular weight excluding hydrogens is 232 g/mol. The van der Waals surface area contributed by atoms with Crippen LogP contribution in [0.15, 0.2) is 48.8 Å². The number of benzene rings is 1. The highest BCUT2D eigenvalue weighted by Gasteiger charge is 2.05. The summed E-state index contributed by atoms with van der Waals surface area (Å²) in [6.45, 7) is 4.30. The summed E-state index contributed by atoms with van der Waals surface area (Å²) < 4.78 is 2.09. The fraction of sp³-hybridized carbons (Fsp3) is 0.235. The molecule has 0 bridgehead atoms. The molecule has 0 unspecified atom stereocenters. The number of pyridine rings is 1. The standard InChI is InChI=1S/C17H18N2/c1-3-5-14-7-9-15(10-8-14)16-12-19-11-4-6-13(2)17(19)18-16/h4,6-12H,3,5H2,1-2H3. The van der Waals surface area contributed by atoms with E-state index < -0.39 is 0 Å². The summed E-state index contributed by atoms with van der Waals surface area (Å²) in [7, 11) is 0. The van der Waals surface area contributed by atoms with Crippen molar-refractivity contribution >= 4 is 5.65 Å². The first-order valence-electron chi connectivity index (χ1n) is 6.81. The van der Waals surface area contributed by atoms with E-state index in [-0.39, 0.29) is 0 Å². The Balaban J connectivity index is 2.01. The summed E-state index contributed by atoms with van der Waals surface area (Å²) in [5.74, 6) is 0. The highest BCUT2D eigenvalue weighted by atomic mass is 15.0. The number of aromatic nitrogens is 2. The molecule has 96 valence electrons. The van der Waals surface area contributed by atoms with Crippen molar-refractivity contribution in [1.82, 2.24) is 9.38 Å². The van der Waals surface area contributed by atoms with Crippen LogP contribution in [0.4, 0.5) is 0 Å². The summed E-state index contributed by atoms with van der Waals surface area (Å²) in [5.41, 5.74) is 5.86. The zero-order valence-corrected chi connectivity index (χ0v) is 11.4. The molecule has 2 aromatic heterocycles. The van der Waals surface area contributed by atoms with E-state index in [1.165, 1.54) is 23.1 Å². The van der Waals surface area contributed by atoms with E-state index in [1.54, 1.807) is 0 Å². The van der Waals surface area contributed by atoms with Crippen LogP contribution in [0.1, 0.15) is 24.5 Å². The molecule has 0 aliphatic rings. The molecule has 0 aliphatic heterocycles. The van der Waals surface area contributed by atoms with E-state index in [4.69, 9.17) is 4.98 Å². The lowest BCUT2D eigenvalue weighted by Crippen LogP contribution is -1.84. The van der Waals surface area contributed by atoms with Crippen LogP contribution >= 0.6 is 0 Å². The highest BCUT2D eigenvalue weighted by molar-refractivity contribution is 5.64. The molecule has 3 aromatic rings. The quantitative estimate of drug-likeness (QED) is 0.679. The van der Waals surface area contributed by atoms with Gasteiger partial charge in [-0.2, -0.15) is 0 Å². The Hall–Kier alpha value is -2.09. The lowest BCUT2D eigenvalue weighted by Gasteiger charge is -2.00. The van der Waals surface area contributed by atoms with E-state index in [1.807, 2.05) is 6.20 Å². The van der Waals surface area contributed by atoms with Crippen LogP contribution in [0.25, 0.3) is 16.9 Å². The summed E-state index contributed by atoms with van der Waals surface area (Å²) in [6, 6.07) is 12.9. The van der Waals surface area contributed by atoms with Crippen molar-refractivity contribution in [1.29, 1.82) is 0 Å². The van der Waals surface area contributed by atoms with Gasteiger partial charge in [0, 0.05) is 18.0 Å². The maximum absolute atomic E-state index is 4.72. The van der Waals surface area contributed by atoms with Gasteiger partial charge in [0.15, 0.2) is 0 Å². The summed E-state index contributed by atoms with van der Waals surface area (Å²) in [6.07, 6.45) is 6.47. The van der Waals surface area contributed by atoms with E-state index >= 15 is 0 Å². The Morgan fingerprint density at radius 2 is 1.89 bits per heavy atom. The number of aryl methyl sites for hydroxylation is 2. The van der Waals surface area contributed by atoms with Crippen LogP contribution in [0.5, 0.6) is 0 Å². The van der Waals surface area contributed by atoms with Gasteiger partial charge in [-0.3, -0.25) is 0 Å². The first-order valence-corrected chi connectivity index (χ1v) is 6.81. The summed E-state index contributed by atoms with van der Waals surface area (Å²) in [4.78, 5) is 4.72. The molecule has 2 nitrogen and oxygen atoms in total. The van der Waals surface area contributed by atoms with Gasteiger partial charge < -0.3 is 4.40 Å². The lowest BCUT2D eigenvalue weighted by molar-refractivity contribution is 0.922. The van der Waals surface area contributed by atoms with E-state index in [0.29, 0.717) is 0 Å². The van der Waals surface area contributed by atoms with Crippen LogP contribution in [0.3, 0.4) is 0 Å². The van der Waals surface area contributed by atoms with Gasteiger partial charge in [-0.1, -0.05) is 43.7 Å². The lowest BCUT2D eigenvalue weighted by atomic mass is 10.1. The summed E-state index contributed by atoms with van der Waals surface area (Å²) in [5, 5.41) is 0. The Labute approximate surface area is 113 Å². The minimum atomic E-state index is 1.04. The molecule has 19 heavy (non-hydrogen) atoms. The van der Waals surface area contributed by atoms with E-state index in [2.05, 4.69) is 60.8 Å². The van der Waals surface area contributed by atoms with Gasteiger partial charge in [0.2, 0.25) is 0 Å². The number of hydrogen-bond donors (Lipinski definition) is 0. The zero-order chi connectivity index (χ0) is 13.2. The predicted octanol–water partition coefficient (Wildman–Crippen LogP) is 4.26. The SMILES string of the molecule is CCCc1ccc(-c2cn3cccc(C)c3n2)cc1. The third-order valence-corrected chi connectivity index (χ3v) is 3.47. The number of rotatable bonds is 3. The van der Waals surface area contributed by atoms with Crippen molar-refractivity contribution in [2.45, 2.75) is 26.7 Å². The predicted molar refractivity (Wildman–Crippen MR) is 79.4 cm³/mol. The average Bonchev–Trinajstić information content (AvgIpc) is 2.85. The second kappa shape index (κ2) is 4.88. The molecule has 0 saturated carbocycles. The molecule has 0 saturated heterocycles. The van der Waals surface area contributed by atoms with Gasteiger partial charge >= 0.3 is 0 Å². The number of hydrogen-bond acceptors (Lipinski definition) is 1. The van der Waals surface area contributed by atoms with Crippen LogP contribution in [-0.4, -0.2) is 9.38 Å².